The summed E-state index contributed by atoms with van der Waals surface area (Å²) in [5.74, 6) is -0.0308. The minimum absolute atomic E-state index is 0.0599. The molecule has 3 heterocycles. The summed E-state index contributed by atoms with van der Waals surface area (Å²) in [6.07, 6.45) is 1.86. The first-order valence-corrected chi connectivity index (χ1v) is 13.6. The van der Waals surface area contributed by atoms with Crippen LogP contribution in [0.5, 0.6) is 5.75 Å². The topological polar surface area (TPSA) is 158 Å². The van der Waals surface area contributed by atoms with Gasteiger partial charge in [0.25, 0.3) is 5.91 Å². The summed E-state index contributed by atoms with van der Waals surface area (Å²) < 4.78 is 12.7. The van der Waals surface area contributed by atoms with Crippen LogP contribution in [0.25, 0.3) is 21.8 Å². The molecule has 1 aliphatic rings. The molecule has 0 bridgehead atoms. The molecular formula is C29H34N8O5. The second-order valence-electron chi connectivity index (χ2n) is 11.3. The van der Waals surface area contributed by atoms with E-state index in [4.69, 9.17) is 15.2 Å². The van der Waals surface area contributed by atoms with Crippen LogP contribution < -0.4 is 15.8 Å². The molecule has 13 heteroatoms. The van der Waals surface area contributed by atoms with Crippen molar-refractivity contribution in [3.05, 3.63) is 48.4 Å². The summed E-state index contributed by atoms with van der Waals surface area (Å²) in [7, 11) is 3.20. The number of fused-ring (bicyclic) bond motifs is 2. The van der Waals surface area contributed by atoms with E-state index in [0.717, 1.165) is 12.8 Å². The molecule has 1 saturated heterocycles. The molecule has 2 aromatic carbocycles. The molecule has 1 atom stereocenters. The fourth-order valence-corrected chi connectivity index (χ4v) is 4.89. The van der Waals surface area contributed by atoms with E-state index in [9.17, 15) is 14.4 Å². The number of nitrogens with zero attached hydrogens (tertiary/aromatic N) is 6. The number of aromatic nitrogens is 4. The normalized spacial score (nSPS) is 15.5. The molecule has 220 valence electrons. The molecule has 3 N–H and O–H groups in total. The van der Waals surface area contributed by atoms with Gasteiger partial charge in [-0.2, -0.15) is 5.10 Å². The van der Waals surface area contributed by atoms with Gasteiger partial charge in [0.05, 0.1) is 11.4 Å². The highest BCUT2D eigenvalue weighted by Crippen LogP contribution is 2.34. The van der Waals surface area contributed by atoms with E-state index in [1.54, 1.807) is 41.9 Å². The van der Waals surface area contributed by atoms with Crippen LogP contribution >= 0.6 is 0 Å². The Morgan fingerprint density at radius 3 is 2.52 bits per heavy atom. The number of rotatable bonds is 4. The number of hydrogen-bond acceptors (Lipinski definition) is 9. The minimum atomic E-state index is -0.619. The predicted octanol–water partition coefficient (Wildman–Crippen LogP) is 4.45. The number of amides is 3. The Morgan fingerprint density at radius 2 is 1.81 bits per heavy atom. The third kappa shape index (κ3) is 5.76. The van der Waals surface area contributed by atoms with Crippen LogP contribution in [0.1, 0.15) is 50.1 Å². The first-order valence-electron chi connectivity index (χ1n) is 13.6. The number of ether oxygens (including phenoxy) is 2. The van der Waals surface area contributed by atoms with Crippen molar-refractivity contribution in [3.8, 4) is 5.75 Å². The van der Waals surface area contributed by atoms with Crippen LogP contribution in [0.15, 0.2) is 42.7 Å². The van der Waals surface area contributed by atoms with Crippen molar-refractivity contribution in [2.24, 2.45) is 0 Å². The first kappa shape index (κ1) is 28.6. The van der Waals surface area contributed by atoms with Gasteiger partial charge in [-0.3, -0.25) is 4.79 Å². The van der Waals surface area contributed by atoms with Gasteiger partial charge in [0.2, 0.25) is 0 Å². The number of nitrogens with two attached hydrogens (primary N) is 1. The average Bonchev–Trinajstić information content (AvgIpc) is 3.35. The molecular weight excluding hydrogens is 540 g/mol. The van der Waals surface area contributed by atoms with Gasteiger partial charge in [-0.25, -0.2) is 24.2 Å². The molecule has 0 saturated carbocycles. The summed E-state index contributed by atoms with van der Waals surface area (Å²) in [4.78, 5) is 50.2. The van der Waals surface area contributed by atoms with E-state index in [2.05, 4.69) is 20.4 Å². The molecule has 13 nitrogen and oxygen atoms in total. The summed E-state index contributed by atoms with van der Waals surface area (Å²) in [6.45, 7) is 6.37. The highest BCUT2D eigenvalue weighted by molar-refractivity contribution is 6.15. The lowest BCUT2D eigenvalue weighted by Crippen LogP contribution is -2.43. The van der Waals surface area contributed by atoms with E-state index in [1.165, 1.54) is 11.2 Å². The fraction of sp³-hybridized carbons (Fsp3) is 0.379. The molecule has 1 aliphatic heterocycles. The largest absolute Gasteiger partial charge is 0.444 e. The number of piperidine rings is 1. The lowest BCUT2D eigenvalue weighted by atomic mass is 10.1. The van der Waals surface area contributed by atoms with E-state index in [0.29, 0.717) is 46.3 Å². The van der Waals surface area contributed by atoms with Gasteiger partial charge in [0.1, 0.15) is 23.5 Å². The highest BCUT2D eigenvalue weighted by Gasteiger charge is 2.32. The SMILES string of the molecule is CN(C)C(=O)Oc1ccc(NC(=O)c2nn(C3CCCN(C(=O)OC(C)(C)C)C3)c3ncnc(N)c23)c2ccccc12. The average molecular weight is 575 g/mol. The molecule has 2 aromatic heterocycles. The quantitative estimate of drug-likeness (QED) is 0.359. The Morgan fingerprint density at radius 1 is 1.07 bits per heavy atom. The summed E-state index contributed by atoms with van der Waals surface area (Å²) in [5.41, 5.74) is 6.57. The number of likely N-dealkylation sites (tertiary alicyclic amines) is 1. The van der Waals surface area contributed by atoms with Crippen LogP contribution in [0.2, 0.25) is 0 Å². The molecule has 1 unspecified atom stereocenters. The first-order chi connectivity index (χ1) is 19.9. The van der Waals surface area contributed by atoms with Crippen molar-refractivity contribution in [1.29, 1.82) is 0 Å². The smallest absolute Gasteiger partial charge is 0.414 e. The molecule has 5 rings (SSSR count). The third-order valence-corrected chi connectivity index (χ3v) is 6.82. The number of carbonyl (C=O) groups is 3. The van der Waals surface area contributed by atoms with Crippen molar-refractivity contribution < 1.29 is 23.9 Å². The predicted molar refractivity (Wildman–Crippen MR) is 157 cm³/mol. The van der Waals surface area contributed by atoms with Gasteiger partial charge in [0.15, 0.2) is 11.3 Å². The van der Waals surface area contributed by atoms with Gasteiger partial charge in [0, 0.05) is 43.6 Å². The van der Waals surface area contributed by atoms with Crippen molar-refractivity contribution in [1.82, 2.24) is 29.5 Å². The minimum Gasteiger partial charge on any atom is -0.444 e. The summed E-state index contributed by atoms with van der Waals surface area (Å²) in [6, 6.07) is 10.3. The van der Waals surface area contributed by atoms with Gasteiger partial charge >= 0.3 is 12.2 Å². The second-order valence-corrected chi connectivity index (χ2v) is 11.3. The summed E-state index contributed by atoms with van der Waals surface area (Å²) >= 11 is 0. The molecule has 0 spiro atoms. The fourth-order valence-electron chi connectivity index (χ4n) is 4.89. The zero-order valence-corrected chi connectivity index (χ0v) is 24.2. The Labute approximate surface area is 242 Å². The lowest BCUT2D eigenvalue weighted by Gasteiger charge is -2.34. The van der Waals surface area contributed by atoms with Crippen LogP contribution in [-0.2, 0) is 4.74 Å². The molecule has 42 heavy (non-hydrogen) atoms. The maximum absolute atomic E-state index is 13.7. The van der Waals surface area contributed by atoms with E-state index < -0.39 is 23.7 Å². The molecule has 1 fully saturated rings. The van der Waals surface area contributed by atoms with Crippen molar-refractivity contribution in [2.45, 2.75) is 45.3 Å². The van der Waals surface area contributed by atoms with Crippen LogP contribution in [0, 0.1) is 0 Å². The maximum Gasteiger partial charge on any atom is 0.414 e. The van der Waals surface area contributed by atoms with Gasteiger partial charge in [-0.15, -0.1) is 0 Å². The lowest BCUT2D eigenvalue weighted by molar-refractivity contribution is 0.0168. The second kappa shape index (κ2) is 11.1. The Bertz CT molecular complexity index is 1680. The summed E-state index contributed by atoms with van der Waals surface area (Å²) in [5, 5.41) is 9.24. The monoisotopic (exact) mass is 574 g/mol. The Hall–Kier alpha value is -4.94. The van der Waals surface area contributed by atoms with Crippen molar-refractivity contribution in [2.75, 3.05) is 38.2 Å². The van der Waals surface area contributed by atoms with Crippen molar-refractivity contribution in [3.63, 3.8) is 0 Å². The number of nitrogens with one attached hydrogen (secondary N) is 1. The van der Waals surface area contributed by atoms with E-state index >= 15 is 0 Å². The molecule has 3 amide bonds. The van der Waals surface area contributed by atoms with E-state index in [1.807, 2.05) is 39.0 Å². The zero-order valence-electron chi connectivity index (χ0n) is 24.2. The van der Waals surface area contributed by atoms with E-state index in [-0.39, 0.29) is 17.6 Å². The standard InChI is InChI=1S/C29H34N8O5/c1-29(2,3)42-28(40)36-14-8-9-17(15-36)37-25-22(24(30)31-16-32-25)23(34-37)26(38)33-20-12-13-21(41-27(39)35(4)5)19-11-7-6-10-18(19)20/h6-7,10-13,16-17H,8-9,14-15H2,1-5H3,(H,33,38)(H2,30,31,32). The maximum atomic E-state index is 13.7. The van der Waals surface area contributed by atoms with Crippen LogP contribution in [-0.4, -0.2) is 80.4 Å². The number of carbonyl (C=O) groups excluding carboxylic acids is 3. The van der Waals surface area contributed by atoms with Crippen LogP contribution in [0.4, 0.5) is 21.1 Å². The zero-order chi connectivity index (χ0) is 30.2. The van der Waals surface area contributed by atoms with Gasteiger partial charge < -0.3 is 30.3 Å². The molecule has 4 aromatic rings. The van der Waals surface area contributed by atoms with Gasteiger partial charge in [-0.05, 0) is 45.7 Å². The number of benzene rings is 2. The number of nitrogen functional groups attached to an aromatic ring is 1. The Balaban J connectivity index is 1.47. The molecule has 0 radical (unpaired) electrons. The van der Waals surface area contributed by atoms with Gasteiger partial charge in [-0.1, -0.05) is 24.3 Å². The Kier molecular flexibility index (Phi) is 7.59. The highest BCUT2D eigenvalue weighted by atomic mass is 16.6. The van der Waals surface area contributed by atoms with Crippen molar-refractivity contribution >= 4 is 51.4 Å². The third-order valence-electron chi connectivity index (χ3n) is 6.82. The van der Waals surface area contributed by atoms with Crippen LogP contribution in [0.3, 0.4) is 0 Å². The number of hydrogen-bond donors (Lipinski definition) is 2. The number of anilines is 2. The molecule has 0 aliphatic carbocycles.